The molecule has 0 bridgehead atoms. The van der Waals surface area contributed by atoms with Crippen molar-refractivity contribution in [2.24, 2.45) is 0 Å². The minimum absolute atomic E-state index is 0.0132. The van der Waals surface area contributed by atoms with Gasteiger partial charge in [0.15, 0.2) is 0 Å². The zero-order chi connectivity index (χ0) is 22.6. The van der Waals surface area contributed by atoms with E-state index in [1.54, 1.807) is 22.9 Å². The maximum atomic E-state index is 13.0. The minimum Gasteiger partial charge on any atom is -0.306 e. The lowest BCUT2D eigenvalue weighted by atomic mass is 10.2. The molecule has 5 aromatic rings. The Morgan fingerprint density at radius 3 is 2.72 bits per heavy atom. The van der Waals surface area contributed by atoms with Crippen LogP contribution in [-0.4, -0.2) is 25.6 Å². The van der Waals surface area contributed by atoms with E-state index in [4.69, 9.17) is 11.6 Å². The van der Waals surface area contributed by atoms with Gasteiger partial charge in [0.1, 0.15) is 5.82 Å². The summed E-state index contributed by atoms with van der Waals surface area (Å²) in [5.74, 6) is 0.147. The number of hydrogen-bond acceptors (Lipinski definition) is 7. The van der Waals surface area contributed by atoms with Crippen molar-refractivity contribution in [3.8, 4) is 5.13 Å². The number of nitro benzene ring substituents is 1. The number of nitrogens with zero attached hydrogens (tertiary/aromatic N) is 4. The first kappa shape index (κ1) is 20.6. The predicted molar refractivity (Wildman–Crippen MR) is 128 cm³/mol. The number of thiazole rings is 1. The van der Waals surface area contributed by atoms with Gasteiger partial charge in [-0.25, -0.2) is 4.98 Å². The van der Waals surface area contributed by atoms with Crippen LogP contribution in [0.5, 0.6) is 0 Å². The van der Waals surface area contributed by atoms with Crippen LogP contribution in [0.1, 0.15) is 20.9 Å². The average Bonchev–Trinajstić information content (AvgIpc) is 3.46. The van der Waals surface area contributed by atoms with Crippen LogP contribution in [0, 0.1) is 24.0 Å². The number of non-ortho nitro benzene ring substituents is 1. The Hall–Kier alpha value is -3.34. The van der Waals surface area contributed by atoms with Gasteiger partial charge in [-0.05, 0) is 37.6 Å². The standard InChI is InChI=1S/C21H14ClN5O3S2/c1-10-3-5-14(22)19-18(10)24-21(32-19)26-17(7-11(2)25-26)23-20(28)16-9-12-8-13(27(29)30)4-6-15(12)31-16/h3-9H,1-2H3,(H,23,28). The minimum atomic E-state index is -0.454. The molecule has 8 nitrogen and oxygen atoms in total. The summed E-state index contributed by atoms with van der Waals surface area (Å²) >= 11 is 9.00. The van der Waals surface area contributed by atoms with Crippen molar-refractivity contribution >= 4 is 72.0 Å². The lowest BCUT2D eigenvalue weighted by molar-refractivity contribution is -0.384. The molecule has 32 heavy (non-hydrogen) atoms. The lowest BCUT2D eigenvalue weighted by Crippen LogP contribution is -2.13. The lowest BCUT2D eigenvalue weighted by Gasteiger charge is -2.05. The highest BCUT2D eigenvalue weighted by Crippen LogP contribution is 2.34. The highest BCUT2D eigenvalue weighted by Gasteiger charge is 2.19. The number of benzene rings is 2. The molecule has 0 atom stereocenters. The molecular formula is C21H14ClN5O3S2. The monoisotopic (exact) mass is 483 g/mol. The molecule has 3 heterocycles. The van der Waals surface area contributed by atoms with E-state index < -0.39 is 4.92 Å². The van der Waals surface area contributed by atoms with Crippen LogP contribution in [0.4, 0.5) is 11.5 Å². The zero-order valence-electron chi connectivity index (χ0n) is 16.7. The topological polar surface area (TPSA) is 103 Å². The summed E-state index contributed by atoms with van der Waals surface area (Å²) in [6.07, 6.45) is 0. The second-order valence-corrected chi connectivity index (χ2v) is 9.63. The number of hydrogen-bond donors (Lipinski definition) is 1. The van der Waals surface area contributed by atoms with Gasteiger partial charge in [0, 0.05) is 28.3 Å². The van der Waals surface area contributed by atoms with Gasteiger partial charge in [-0.15, -0.1) is 11.3 Å². The third kappa shape index (κ3) is 3.52. The summed E-state index contributed by atoms with van der Waals surface area (Å²) in [5, 5.41) is 20.2. The van der Waals surface area contributed by atoms with Crippen molar-refractivity contribution in [3.63, 3.8) is 0 Å². The molecule has 0 spiro atoms. The summed E-state index contributed by atoms with van der Waals surface area (Å²) in [4.78, 5) is 28.6. The second kappa shape index (κ2) is 7.66. The Balaban J connectivity index is 1.50. The van der Waals surface area contributed by atoms with Crippen LogP contribution >= 0.6 is 34.3 Å². The van der Waals surface area contributed by atoms with Crippen molar-refractivity contribution in [2.45, 2.75) is 13.8 Å². The number of nitro groups is 1. The fraction of sp³-hybridized carbons (Fsp3) is 0.0952. The first-order chi connectivity index (χ1) is 15.3. The summed E-state index contributed by atoms with van der Waals surface area (Å²) in [5.41, 5.74) is 2.50. The fourth-order valence-corrected chi connectivity index (χ4v) is 5.57. The molecule has 1 N–H and O–H groups in total. The number of aryl methyl sites for hydroxylation is 2. The van der Waals surface area contributed by atoms with Gasteiger partial charge < -0.3 is 5.32 Å². The Morgan fingerprint density at radius 2 is 1.97 bits per heavy atom. The smallest absolute Gasteiger partial charge is 0.270 e. The quantitative estimate of drug-likeness (QED) is 0.245. The Bertz CT molecular complexity index is 1510. The average molecular weight is 484 g/mol. The van der Waals surface area contributed by atoms with Crippen molar-refractivity contribution in [3.05, 3.63) is 73.7 Å². The fourth-order valence-electron chi connectivity index (χ4n) is 3.35. The summed E-state index contributed by atoms with van der Waals surface area (Å²) in [6, 6.07) is 11.7. The Morgan fingerprint density at radius 1 is 1.16 bits per heavy atom. The SMILES string of the molecule is Cc1cc(NC(=O)c2cc3cc([N+](=O)[O-])ccc3s2)n(-c2nc3c(C)ccc(Cl)c3s2)n1. The van der Waals surface area contributed by atoms with Crippen molar-refractivity contribution < 1.29 is 9.72 Å². The van der Waals surface area contributed by atoms with E-state index in [2.05, 4.69) is 15.4 Å². The third-order valence-corrected chi connectivity index (χ3v) is 7.48. The number of aromatic nitrogens is 3. The molecule has 2 aromatic carbocycles. The molecule has 0 fully saturated rings. The van der Waals surface area contributed by atoms with Crippen molar-refractivity contribution in [1.82, 2.24) is 14.8 Å². The molecule has 0 saturated carbocycles. The third-order valence-electron chi connectivity index (χ3n) is 4.87. The first-order valence-corrected chi connectivity index (χ1v) is 11.4. The van der Waals surface area contributed by atoms with Crippen molar-refractivity contribution in [2.75, 3.05) is 5.32 Å². The van der Waals surface area contributed by atoms with E-state index in [1.807, 2.05) is 26.0 Å². The molecule has 0 unspecified atom stereocenters. The number of anilines is 1. The number of carbonyl (C=O) groups excluding carboxylic acids is 1. The van der Waals surface area contributed by atoms with Gasteiger partial charge in [0.25, 0.3) is 11.6 Å². The molecule has 1 amide bonds. The highest BCUT2D eigenvalue weighted by atomic mass is 35.5. The van der Waals surface area contributed by atoms with Crippen LogP contribution in [0.15, 0.2) is 42.5 Å². The number of nitrogens with one attached hydrogen (secondary N) is 1. The molecule has 0 saturated heterocycles. The van der Waals surface area contributed by atoms with Crippen LogP contribution in [0.2, 0.25) is 5.02 Å². The van der Waals surface area contributed by atoms with Crippen LogP contribution in [-0.2, 0) is 0 Å². The molecule has 0 aliphatic heterocycles. The number of amides is 1. The molecular weight excluding hydrogens is 470 g/mol. The predicted octanol–water partition coefficient (Wildman–Crippen LogP) is 6.13. The van der Waals surface area contributed by atoms with E-state index in [9.17, 15) is 14.9 Å². The number of carbonyl (C=O) groups is 1. The van der Waals surface area contributed by atoms with E-state index in [0.717, 1.165) is 20.5 Å². The molecule has 0 radical (unpaired) electrons. The van der Waals surface area contributed by atoms with Gasteiger partial charge in [-0.3, -0.25) is 14.9 Å². The molecule has 160 valence electrons. The van der Waals surface area contributed by atoms with Gasteiger partial charge in [0.05, 0.1) is 30.7 Å². The van der Waals surface area contributed by atoms with Crippen molar-refractivity contribution in [1.29, 1.82) is 0 Å². The Kier molecular flexibility index (Phi) is 4.92. The largest absolute Gasteiger partial charge is 0.306 e. The highest BCUT2D eigenvalue weighted by molar-refractivity contribution is 7.21. The van der Waals surface area contributed by atoms with E-state index in [1.165, 1.54) is 34.8 Å². The number of fused-ring (bicyclic) bond motifs is 2. The molecule has 0 aliphatic rings. The summed E-state index contributed by atoms with van der Waals surface area (Å²) in [6.45, 7) is 3.79. The molecule has 0 aliphatic carbocycles. The van der Waals surface area contributed by atoms with Gasteiger partial charge in [0.2, 0.25) is 5.13 Å². The van der Waals surface area contributed by atoms with Gasteiger partial charge >= 0.3 is 0 Å². The maximum Gasteiger partial charge on any atom is 0.270 e. The first-order valence-electron chi connectivity index (χ1n) is 9.42. The zero-order valence-corrected chi connectivity index (χ0v) is 19.1. The van der Waals surface area contributed by atoms with Gasteiger partial charge in [-0.1, -0.05) is 29.0 Å². The second-order valence-electron chi connectivity index (χ2n) is 7.17. The van der Waals surface area contributed by atoms with E-state index in [-0.39, 0.29) is 11.6 Å². The van der Waals surface area contributed by atoms with E-state index >= 15 is 0 Å². The number of rotatable bonds is 4. The van der Waals surface area contributed by atoms with E-state index in [0.29, 0.717) is 31.9 Å². The Labute approximate surface area is 194 Å². The number of halogens is 1. The molecule has 5 rings (SSSR count). The molecule has 3 aromatic heterocycles. The summed E-state index contributed by atoms with van der Waals surface area (Å²) in [7, 11) is 0. The normalized spacial score (nSPS) is 11.3. The maximum absolute atomic E-state index is 13.0. The number of thiophene rings is 1. The molecule has 11 heteroatoms. The van der Waals surface area contributed by atoms with Crippen LogP contribution < -0.4 is 5.32 Å². The summed E-state index contributed by atoms with van der Waals surface area (Å²) < 4.78 is 3.24. The van der Waals surface area contributed by atoms with Crippen LogP contribution in [0.25, 0.3) is 25.4 Å². The van der Waals surface area contributed by atoms with Crippen LogP contribution in [0.3, 0.4) is 0 Å². The van der Waals surface area contributed by atoms with Gasteiger partial charge in [-0.2, -0.15) is 9.78 Å².